The van der Waals surface area contributed by atoms with Crippen LogP contribution in [0.15, 0.2) is 36.5 Å². The van der Waals surface area contributed by atoms with Gasteiger partial charge in [-0.15, -0.1) is 0 Å². The van der Waals surface area contributed by atoms with Crippen LogP contribution in [-0.4, -0.2) is 20.9 Å². The van der Waals surface area contributed by atoms with Gasteiger partial charge < -0.3 is 4.74 Å². The Bertz CT molecular complexity index is 990. The first kappa shape index (κ1) is 11.9. The SMILES string of the molecule is CCOc1cc([N+](=O)[O-])cc2c1c1ncc3cccc2n31. The summed E-state index contributed by atoms with van der Waals surface area (Å²) < 4.78 is 7.61. The maximum atomic E-state index is 11.1. The van der Waals surface area contributed by atoms with E-state index in [0.29, 0.717) is 12.4 Å². The number of ether oxygens (including phenoxy) is 1. The highest BCUT2D eigenvalue weighted by Crippen LogP contribution is 2.39. The van der Waals surface area contributed by atoms with Crippen molar-refractivity contribution in [3.05, 3.63) is 46.6 Å². The summed E-state index contributed by atoms with van der Waals surface area (Å²) in [5.74, 6) is 0.505. The molecule has 0 fully saturated rings. The normalized spacial score (nSPS) is 11.7. The van der Waals surface area contributed by atoms with Gasteiger partial charge in [-0.05, 0) is 19.1 Å². The molecule has 21 heavy (non-hydrogen) atoms. The minimum Gasteiger partial charge on any atom is -0.493 e. The minimum absolute atomic E-state index is 0.0277. The van der Waals surface area contributed by atoms with Gasteiger partial charge in [-0.1, -0.05) is 6.07 Å². The first-order valence-electron chi connectivity index (χ1n) is 6.63. The van der Waals surface area contributed by atoms with Crippen LogP contribution < -0.4 is 4.74 Å². The van der Waals surface area contributed by atoms with Crippen molar-refractivity contribution in [2.75, 3.05) is 6.61 Å². The van der Waals surface area contributed by atoms with Crippen LogP contribution in [0, 0.1) is 10.1 Å². The van der Waals surface area contributed by atoms with E-state index >= 15 is 0 Å². The van der Waals surface area contributed by atoms with Crippen LogP contribution in [0.1, 0.15) is 6.92 Å². The molecule has 0 atom stereocenters. The molecule has 0 saturated carbocycles. The van der Waals surface area contributed by atoms with E-state index in [-0.39, 0.29) is 5.69 Å². The second-order valence-corrected chi connectivity index (χ2v) is 4.81. The summed E-state index contributed by atoms with van der Waals surface area (Å²) in [6.45, 7) is 2.30. The van der Waals surface area contributed by atoms with E-state index in [9.17, 15) is 10.1 Å². The van der Waals surface area contributed by atoms with Gasteiger partial charge in [-0.2, -0.15) is 0 Å². The Morgan fingerprint density at radius 1 is 1.38 bits per heavy atom. The molecular formula is C15H11N3O3. The molecule has 3 aromatic heterocycles. The van der Waals surface area contributed by atoms with Crippen LogP contribution in [0.4, 0.5) is 5.69 Å². The molecule has 6 heteroatoms. The third-order valence-electron chi connectivity index (χ3n) is 3.65. The van der Waals surface area contributed by atoms with Crippen LogP contribution >= 0.6 is 0 Å². The molecule has 0 aliphatic carbocycles. The number of rotatable bonds is 3. The topological polar surface area (TPSA) is 69.7 Å². The van der Waals surface area contributed by atoms with Gasteiger partial charge in [0.2, 0.25) is 0 Å². The van der Waals surface area contributed by atoms with Gasteiger partial charge in [0, 0.05) is 11.5 Å². The maximum Gasteiger partial charge on any atom is 0.273 e. The van der Waals surface area contributed by atoms with Crippen molar-refractivity contribution in [3.8, 4) is 5.75 Å². The Balaban J connectivity index is 2.25. The molecule has 0 amide bonds. The number of pyridine rings is 1. The quantitative estimate of drug-likeness (QED) is 0.426. The smallest absolute Gasteiger partial charge is 0.273 e. The third-order valence-corrected chi connectivity index (χ3v) is 3.65. The van der Waals surface area contributed by atoms with E-state index in [0.717, 1.165) is 27.5 Å². The van der Waals surface area contributed by atoms with E-state index in [1.54, 1.807) is 12.3 Å². The van der Waals surface area contributed by atoms with Crippen molar-refractivity contribution < 1.29 is 9.66 Å². The lowest BCUT2D eigenvalue weighted by Gasteiger charge is -2.04. The Hall–Kier alpha value is -2.89. The molecule has 0 aliphatic heterocycles. The molecule has 1 aromatic carbocycles. The lowest BCUT2D eigenvalue weighted by Crippen LogP contribution is -1.94. The molecule has 0 spiro atoms. The van der Waals surface area contributed by atoms with Crippen LogP contribution in [-0.2, 0) is 0 Å². The second-order valence-electron chi connectivity index (χ2n) is 4.81. The lowest BCUT2D eigenvalue weighted by atomic mass is 10.1. The summed E-state index contributed by atoms with van der Waals surface area (Å²) in [5, 5.41) is 12.8. The zero-order chi connectivity index (χ0) is 14.6. The summed E-state index contributed by atoms with van der Waals surface area (Å²) >= 11 is 0. The van der Waals surface area contributed by atoms with E-state index in [4.69, 9.17) is 4.74 Å². The minimum atomic E-state index is -0.399. The van der Waals surface area contributed by atoms with Crippen molar-refractivity contribution in [1.82, 2.24) is 9.38 Å². The number of nitro groups is 1. The zero-order valence-corrected chi connectivity index (χ0v) is 11.2. The summed E-state index contributed by atoms with van der Waals surface area (Å²) in [6, 6.07) is 8.87. The first-order valence-corrected chi connectivity index (χ1v) is 6.63. The van der Waals surface area contributed by atoms with Crippen molar-refractivity contribution in [2.24, 2.45) is 0 Å². The Morgan fingerprint density at radius 3 is 3.00 bits per heavy atom. The molecule has 0 bridgehead atoms. The number of aromatic nitrogens is 2. The van der Waals surface area contributed by atoms with E-state index in [2.05, 4.69) is 4.98 Å². The van der Waals surface area contributed by atoms with E-state index in [1.165, 1.54) is 6.07 Å². The fourth-order valence-corrected chi connectivity index (χ4v) is 2.84. The zero-order valence-electron chi connectivity index (χ0n) is 11.2. The van der Waals surface area contributed by atoms with Crippen LogP contribution in [0.3, 0.4) is 0 Å². The number of hydrogen-bond acceptors (Lipinski definition) is 4. The van der Waals surface area contributed by atoms with Crippen molar-refractivity contribution in [1.29, 1.82) is 0 Å². The Morgan fingerprint density at radius 2 is 2.24 bits per heavy atom. The first-order chi connectivity index (χ1) is 10.2. The molecule has 0 radical (unpaired) electrons. The molecule has 4 rings (SSSR count). The molecule has 0 aliphatic rings. The van der Waals surface area contributed by atoms with E-state index < -0.39 is 4.92 Å². The summed E-state index contributed by atoms with van der Waals surface area (Å²) in [5.41, 5.74) is 2.66. The summed E-state index contributed by atoms with van der Waals surface area (Å²) in [6.07, 6.45) is 1.79. The predicted octanol–water partition coefficient (Wildman–Crippen LogP) is 3.39. The third kappa shape index (κ3) is 1.50. The fraction of sp³-hybridized carbons (Fsp3) is 0.133. The van der Waals surface area contributed by atoms with Gasteiger partial charge in [-0.25, -0.2) is 4.98 Å². The largest absolute Gasteiger partial charge is 0.493 e. The summed E-state index contributed by atoms with van der Waals surface area (Å²) in [7, 11) is 0. The van der Waals surface area contributed by atoms with Gasteiger partial charge in [0.25, 0.3) is 5.69 Å². The van der Waals surface area contributed by atoms with Crippen molar-refractivity contribution in [2.45, 2.75) is 6.92 Å². The number of non-ortho nitro benzene ring substituents is 1. The van der Waals surface area contributed by atoms with Crippen LogP contribution in [0.5, 0.6) is 5.75 Å². The highest BCUT2D eigenvalue weighted by atomic mass is 16.6. The number of fused-ring (bicyclic) bond motifs is 3. The van der Waals surface area contributed by atoms with Crippen LogP contribution in [0.25, 0.3) is 27.5 Å². The van der Waals surface area contributed by atoms with Crippen molar-refractivity contribution in [3.63, 3.8) is 0 Å². The number of hydrogen-bond donors (Lipinski definition) is 0. The van der Waals surface area contributed by atoms with Gasteiger partial charge in [0.05, 0.1) is 40.2 Å². The lowest BCUT2D eigenvalue weighted by molar-refractivity contribution is -0.384. The number of nitro benzene ring substituents is 1. The van der Waals surface area contributed by atoms with Gasteiger partial charge in [0.1, 0.15) is 11.4 Å². The fourth-order valence-electron chi connectivity index (χ4n) is 2.84. The maximum absolute atomic E-state index is 11.1. The van der Waals surface area contributed by atoms with Crippen LogP contribution in [0.2, 0.25) is 0 Å². The number of nitrogens with zero attached hydrogens (tertiary/aromatic N) is 3. The molecule has 0 unspecified atom stereocenters. The van der Waals surface area contributed by atoms with Crippen molar-refractivity contribution >= 4 is 33.1 Å². The molecule has 3 heterocycles. The second kappa shape index (κ2) is 4.05. The number of benzene rings is 1. The van der Waals surface area contributed by atoms with Gasteiger partial charge >= 0.3 is 0 Å². The molecule has 0 saturated heterocycles. The molecule has 0 N–H and O–H groups in total. The Labute approximate surface area is 119 Å². The standard InChI is InChI=1S/C15H11N3O3/c1-2-21-13-7-10(18(19)20)6-11-12-5-3-4-9-8-16-15(14(11)13)17(9)12/h3-8H,2H2,1H3. The number of imidazole rings is 1. The average Bonchev–Trinajstić information content (AvgIpc) is 3.03. The molecular weight excluding hydrogens is 270 g/mol. The molecule has 104 valence electrons. The molecule has 6 nitrogen and oxygen atoms in total. The predicted molar refractivity (Wildman–Crippen MR) is 79.2 cm³/mol. The molecule has 4 aromatic rings. The highest BCUT2D eigenvalue weighted by Gasteiger charge is 2.20. The van der Waals surface area contributed by atoms with Gasteiger partial charge in [-0.3, -0.25) is 14.5 Å². The monoisotopic (exact) mass is 281 g/mol. The van der Waals surface area contributed by atoms with E-state index in [1.807, 2.05) is 29.5 Å². The van der Waals surface area contributed by atoms with Gasteiger partial charge in [0.15, 0.2) is 0 Å². The highest BCUT2D eigenvalue weighted by molar-refractivity contribution is 6.12. The Kier molecular flexibility index (Phi) is 2.29. The average molecular weight is 281 g/mol. The summed E-state index contributed by atoms with van der Waals surface area (Å²) in [4.78, 5) is 15.2.